The lowest BCUT2D eigenvalue weighted by Gasteiger charge is -2.10. The van der Waals surface area contributed by atoms with E-state index < -0.39 is 0 Å². The van der Waals surface area contributed by atoms with E-state index in [4.69, 9.17) is 4.74 Å². The second kappa shape index (κ2) is 7.86. The smallest absolute Gasteiger partial charge is 0.140 e. The third kappa shape index (κ3) is 4.23. The van der Waals surface area contributed by atoms with Crippen LogP contribution in [0.3, 0.4) is 0 Å². The summed E-state index contributed by atoms with van der Waals surface area (Å²) in [7, 11) is 1.93. The molecule has 0 spiro atoms. The summed E-state index contributed by atoms with van der Waals surface area (Å²) in [5.74, 6) is 1.74. The van der Waals surface area contributed by atoms with Crippen LogP contribution in [0.5, 0.6) is 5.75 Å². The van der Waals surface area contributed by atoms with Gasteiger partial charge in [0.15, 0.2) is 0 Å². The van der Waals surface area contributed by atoms with Crippen molar-refractivity contribution in [3.63, 3.8) is 0 Å². The molecule has 0 unspecified atom stereocenters. The molecule has 0 radical (unpaired) electrons. The summed E-state index contributed by atoms with van der Waals surface area (Å²) in [4.78, 5) is 8.82. The fourth-order valence-corrected chi connectivity index (χ4v) is 2.97. The predicted molar refractivity (Wildman–Crippen MR) is 103 cm³/mol. The van der Waals surface area contributed by atoms with Gasteiger partial charge < -0.3 is 9.30 Å². The first-order chi connectivity index (χ1) is 13.3. The minimum atomic E-state index is 0.444. The molecule has 4 rings (SSSR count). The molecule has 0 saturated heterocycles. The van der Waals surface area contributed by atoms with Gasteiger partial charge in [-0.2, -0.15) is 5.10 Å². The molecule has 6 nitrogen and oxygen atoms in total. The molecule has 0 atom stereocenters. The standard InChI is InChI=1S/C21H21N5O/c1-25-15-17(14-24-25)8-11-26-12-10-23-21(26)18-5-4-7-20(13-18)27-16-19-6-2-3-9-22-19/h2-7,9-10,12-15H,8,11,16H2,1H3. The fraction of sp³-hybridized carbons (Fsp3) is 0.190. The van der Waals surface area contributed by atoms with Crippen LogP contribution < -0.4 is 4.74 Å². The molecule has 0 aliphatic rings. The molecule has 0 fully saturated rings. The Bertz CT molecular complexity index is 1010. The third-order valence-electron chi connectivity index (χ3n) is 4.32. The van der Waals surface area contributed by atoms with Crippen molar-refractivity contribution in [2.75, 3.05) is 0 Å². The molecule has 1 aromatic carbocycles. The number of ether oxygens (including phenoxy) is 1. The zero-order valence-corrected chi connectivity index (χ0v) is 15.2. The predicted octanol–water partition coefficient (Wildman–Crippen LogP) is 3.50. The van der Waals surface area contributed by atoms with Crippen LogP contribution in [-0.4, -0.2) is 24.3 Å². The number of aryl methyl sites for hydroxylation is 3. The quantitative estimate of drug-likeness (QED) is 0.507. The maximum Gasteiger partial charge on any atom is 0.140 e. The number of nitrogens with zero attached hydrogens (tertiary/aromatic N) is 5. The molecule has 0 saturated carbocycles. The van der Waals surface area contributed by atoms with Gasteiger partial charge in [-0.1, -0.05) is 18.2 Å². The molecule has 0 aliphatic heterocycles. The molecule has 27 heavy (non-hydrogen) atoms. The maximum absolute atomic E-state index is 5.89. The van der Waals surface area contributed by atoms with E-state index in [1.54, 1.807) is 6.20 Å². The first-order valence-electron chi connectivity index (χ1n) is 8.90. The van der Waals surface area contributed by atoms with Crippen LogP contribution in [0.2, 0.25) is 0 Å². The van der Waals surface area contributed by atoms with E-state index >= 15 is 0 Å². The van der Waals surface area contributed by atoms with Gasteiger partial charge in [-0.05, 0) is 36.2 Å². The van der Waals surface area contributed by atoms with E-state index in [0.717, 1.165) is 35.8 Å². The Hall–Kier alpha value is -3.41. The number of benzene rings is 1. The van der Waals surface area contributed by atoms with Crippen LogP contribution in [0, 0.1) is 0 Å². The average Bonchev–Trinajstić information content (AvgIpc) is 3.34. The lowest BCUT2D eigenvalue weighted by molar-refractivity contribution is 0.301. The zero-order valence-electron chi connectivity index (χ0n) is 15.2. The molecule has 3 aromatic heterocycles. The second-order valence-electron chi connectivity index (χ2n) is 6.35. The van der Waals surface area contributed by atoms with E-state index in [-0.39, 0.29) is 0 Å². The maximum atomic E-state index is 5.89. The molecule has 0 N–H and O–H groups in total. The van der Waals surface area contributed by atoms with Gasteiger partial charge in [0.25, 0.3) is 0 Å². The second-order valence-corrected chi connectivity index (χ2v) is 6.35. The molecule has 3 heterocycles. The van der Waals surface area contributed by atoms with Crippen LogP contribution in [0.1, 0.15) is 11.3 Å². The number of hydrogen-bond donors (Lipinski definition) is 0. The molecule has 4 aromatic rings. The Kier molecular flexibility index (Phi) is 4.96. The van der Waals surface area contributed by atoms with Crippen molar-refractivity contribution in [2.24, 2.45) is 7.05 Å². The Morgan fingerprint density at radius 1 is 1.04 bits per heavy atom. The van der Waals surface area contributed by atoms with Gasteiger partial charge in [-0.3, -0.25) is 9.67 Å². The largest absolute Gasteiger partial charge is 0.487 e. The number of pyridine rings is 1. The van der Waals surface area contributed by atoms with Gasteiger partial charge >= 0.3 is 0 Å². The minimum Gasteiger partial charge on any atom is -0.487 e. The van der Waals surface area contributed by atoms with Gasteiger partial charge in [0.1, 0.15) is 18.2 Å². The number of aromatic nitrogens is 5. The molecular formula is C21H21N5O. The zero-order chi connectivity index (χ0) is 18.5. The lowest BCUT2D eigenvalue weighted by atomic mass is 10.2. The summed E-state index contributed by atoms with van der Waals surface area (Å²) >= 11 is 0. The molecule has 0 amide bonds. The van der Waals surface area contributed by atoms with Crippen LogP contribution >= 0.6 is 0 Å². The summed E-state index contributed by atoms with van der Waals surface area (Å²) in [6.45, 7) is 1.29. The number of hydrogen-bond acceptors (Lipinski definition) is 4. The van der Waals surface area contributed by atoms with E-state index in [2.05, 4.69) is 25.7 Å². The SMILES string of the molecule is Cn1cc(CCn2ccnc2-c2cccc(OCc3ccccn3)c2)cn1. The first-order valence-corrected chi connectivity index (χ1v) is 8.90. The van der Waals surface area contributed by atoms with E-state index in [1.165, 1.54) is 5.56 Å². The Labute approximate surface area is 158 Å². The van der Waals surface area contributed by atoms with Crippen molar-refractivity contribution < 1.29 is 4.74 Å². The normalized spacial score (nSPS) is 10.9. The van der Waals surface area contributed by atoms with Gasteiger partial charge in [-0.25, -0.2) is 4.98 Å². The highest BCUT2D eigenvalue weighted by atomic mass is 16.5. The molecule has 0 bridgehead atoms. The average molecular weight is 359 g/mol. The van der Waals surface area contributed by atoms with Gasteiger partial charge in [0.05, 0.1) is 11.9 Å². The van der Waals surface area contributed by atoms with Gasteiger partial charge in [0.2, 0.25) is 0 Å². The summed E-state index contributed by atoms with van der Waals surface area (Å²) in [6.07, 6.45) is 10.5. The summed E-state index contributed by atoms with van der Waals surface area (Å²) in [5.41, 5.74) is 3.15. The molecule has 136 valence electrons. The lowest BCUT2D eigenvalue weighted by Crippen LogP contribution is -2.03. The Morgan fingerprint density at radius 3 is 2.81 bits per heavy atom. The van der Waals surface area contributed by atoms with Gasteiger partial charge in [0, 0.05) is 43.9 Å². The highest BCUT2D eigenvalue weighted by Gasteiger charge is 2.08. The van der Waals surface area contributed by atoms with Crippen molar-refractivity contribution >= 4 is 0 Å². The first kappa shape index (κ1) is 17.0. The van der Waals surface area contributed by atoms with Gasteiger partial charge in [-0.15, -0.1) is 0 Å². The number of imidazole rings is 1. The topological polar surface area (TPSA) is 57.8 Å². The van der Waals surface area contributed by atoms with Crippen LogP contribution in [0.25, 0.3) is 11.4 Å². The Balaban J connectivity index is 1.46. The van der Waals surface area contributed by atoms with Crippen molar-refractivity contribution in [1.82, 2.24) is 24.3 Å². The molecule has 0 aliphatic carbocycles. The van der Waals surface area contributed by atoms with Crippen LogP contribution in [-0.2, 0) is 26.6 Å². The van der Waals surface area contributed by atoms with Crippen LogP contribution in [0.4, 0.5) is 0 Å². The van der Waals surface area contributed by atoms with Crippen molar-refractivity contribution in [3.05, 3.63) is 84.7 Å². The molecular weight excluding hydrogens is 338 g/mol. The summed E-state index contributed by atoms with van der Waals surface area (Å²) < 4.78 is 9.88. The highest BCUT2D eigenvalue weighted by Crippen LogP contribution is 2.23. The Morgan fingerprint density at radius 2 is 2.00 bits per heavy atom. The van der Waals surface area contributed by atoms with Crippen molar-refractivity contribution in [3.8, 4) is 17.1 Å². The monoisotopic (exact) mass is 359 g/mol. The van der Waals surface area contributed by atoms with Crippen molar-refractivity contribution in [2.45, 2.75) is 19.6 Å². The van der Waals surface area contributed by atoms with E-state index in [9.17, 15) is 0 Å². The van der Waals surface area contributed by atoms with Crippen LogP contribution in [0.15, 0.2) is 73.4 Å². The number of rotatable bonds is 7. The fourth-order valence-electron chi connectivity index (χ4n) is 2.97. The summed E-state index contributed by atoms with van der Waals surface area (Å²) in [6, 6.07) is 13.8. The summed E-state index contributed by atoms with van der Waals surface area (Å²) in [5, 5.41) is 4.22. The van der Waals surface area contributed by atoms with Crippen molar-refractivity contribution in [1.29, 1.82) is 0 Å². The highest BCUT2D eigenvalue weighted by molar-refractivity contribution is 5.58. The minimum absolute atomic E-state index is 0.444. The third-order valence-corrected chi connectivity index (χ3v) is 4.32. The van der Waals surface area contributed by atoms with E-state index in [0.29, 0.717) is 6.61 Å². The molecule has 6 heteroatoms. The van der Waals surface area contributed by atoms with E-state index in [1.807, 2.05) is 72.9 Å².